The van der Waals surface area contributed by atoms with Gasteiger partial charge < -0.3 is 20.9 Å². The van der Waals surface area contributed by atoms with Gasteiger partial charge in [0.05, 0.1) is 12.6 Å². The SMILES string of the molecule is CCCC(C)(N)C(=O)N[C@H](CCC(=O)OC)C(=O)O. The van der Waals surface area contributed by atoms with Crippen molar-refractivity contribution in [1.82, 2.24) is 5.32 Å². The molecule has 1 amide bonds. The van der Waals surface area contributed by atoms with Crippen LogP contribution in [0.3, 0.4) is 0 Å². The summed E-state index contributed by atoms with van der Waals surface area (Å²) in [4.78, 5) is 33.9. The van der Waals surface area contributed by atoms with Gasteiger partial charge in [-0.05, 0) is 19.8 Å². The summed E-state index contributed by atoms with van der Waals surface area (Å²) in [7, 11) is 1.22. The summed E-state index contributed by atoms with van der Waals surface area (Å²) < 4.78 is 4.42. The molecule has 0 aromatic heterocycles. The quantitative estimate of drug-likeness (QED) is 0.537. The highest BCUT2D eigenvalue weighted by molar-refractivity contribution is 5.89. The molecule has 0 aromatic rings. The Balaban J connectivity index is 4.54. The summed E-state index contributed by atoms with van der Waals surface area (Å²) in [5.74, 6) is -2.26. The lowest BCUT2D eigenvalue weighted by Gasteiger charge is -2.25. The summed E-state index contributed by atoms with van der Waals surface area (Å²) in [6, 6.07) is -1.15. The average Bonchev–Trinajstić information content (AvgIpc) is 2.32. The minimum Gasteiger partial charge on any atom is -0.480 e. The highest BCUT2D eigenvalue weighted by Crippen LogP contribution is 2.10. The Bertz CT molecular complexity index is 341. The van der Waals surface area contributed by atoms with Gasteiger partial charge in [0, 0.05) is 6.42 Å². The number of carboxylic acid groups (broad SMARTS) is 1. The Kier molecular flexibility index (Phi) is 7.06. The Hall–Kier alpha value is -1.63. The first kappa shape index (κ1) is 17.4. The van der Waals surface area contributed by atoms with Gasteiger partial charge in [0.1, 0.15) is 6.04 Å². The highest BCUT2D eigenvalue weighted by atomic mass is 16.5. The number of carbonyl (C=O) groups excluding carboxylic acids is 2. The van der Waals surface area contributed by atoms with Crippen molar-refractivity contribution in [3.63, 3.8) is 0 Å². The van der Waals surface area contributed by atoms with Crippen LogP contribution in [0.4, 0.5) is 0 Å². The number of carboxylic acids is 1. The minimum absolute atomic E-state index is 0.0318. The van der Waals surface area contributed by atoms with Gasteiger partial charge in [0.2, 0.25) is 5.91 Å². The van der Waals surface area contributed by atoms with E-state index in [9.17, 15) is 14.4 Å². The van der Waals surface area contributed by atoms with E-state index in [1.807, 2.05) is 6.92 Å². The fourth-order valence-corrected chi connectivity index (χ4v) is 1.58. The van der Waals surface area contributed by atoms with Crippen molar-refractivity contribution in [1.29, 1.82) is 0 Å². The van der Waals surface area contributed by atoms with Crippen LogP contribution in [-0.4, -0.2) is 41.6 Å². The number of carbonyl (C=O) groups is 3. The molecular weight excluding hydrogens is 252 g/mol. The van der Waals surface area contributed by atoms with E-state index in [1.165, 1.54) is 7.11 Å². The summed E-state index contributed by atoms with van der Waals surface area (Å²) in [5.41, 5.74) is 4.69. The zero-order valence-electron chi connectivity index (χ0n) is 11.6. The van der Waals surface area contributed by atoms with Crippen molar-refractivity contribution in [2.75, 3.05) is 7.11 Å². The standard InChI is InChI=1S/C12H22N2O5/c1-4-7-12(2,13)11(18)14-8(10(16)17)5-6-9(15)19-3/h8H,4-7,13H2,1-3H3,(H,14,18)(H,16,17)/t8-,12?/m1/s1. The maximum Gasteiger partial charge on any atom is 0.326 e. The van der Waals surface area contributed by atoms with E-state index in [2.05, 4.69) is 10.1 Å². The molecule has 2 atom stereocenters. The van der Waals surface area contributed by atoms with E-state index >= 15 is 0 Å². The molecule has 1 unspecified atom stereocenters. The van der Waals surface area contributed by atoms with Crippen LogP contribution < -0.4 is 11.1 Å². The van der Waals surface area contributed by atoms with Crippen LogP contribution in [0.15, 0.2) is 0 Å². The van der Waals surface area contributed by atoms with Gasteiger partial charge in [-0.1, -0.05) is 13.3 Å². The zero-order valence-corrected chi connectivity index (χ0v) is 11.6. The van der Waals surface area contributed by atoms with E-state index in [0.29, 0.717) is 12.8 Å². The van der Waals surface area contributed by atoms with Crippen molar-refractivity contribution >= 4 is 17.8 Å². The second kappa shape index (κ2) is 7.73. The molecule has 0 aliphatic heterocycles. The van der Waals surface area contributed by atoms with E-state index in [0.717, 1.165) is 0 Å². The van der Waals surface area contributed by atoms with E-state index in [4.69, 9.17) is 10.8 Å². The average molecular weight is 274 g/mol. The Labute approximate surface area is 112 Å². The van der Waals surface area contributed by atoms with Gasteiger partial charge in [-0.3, -0.25) is 9.59 Å². The normalized spacial score (nSPS) is 15.2. The molecule has 0 saturated carbocycles. The number of ether oxygens (including phenoxy) is 1. The molecule has 0 heterocycles. The molecule has 0 radical (unpaired) electrons. The molecule has 0 bridgehead atoms. The zero-order chi connectivity index (χ0) is 15.1. The van der Waals surface area contributed by atoms with Crippen LogP contribution in [0, 0.1) is 0 Å². The first-order chi connectivity index (χ1) is 8.74. The fraction of sp³-hybridized carbons (Fsp3) is 0.750. The molecular formula is C12H22N2O5. The van der Waals surface area contributed by atoms with Gasteiger partial charge in [-0.2, -0.15) is 0 Å². The predicted molar refractivity (Wildman–Crippen MR) is 68.3 cm³/mol. The van der Waals surface area contributed by atoms with Gasteiger partial charge in [0.25, 0.3) is 0 Å². The lowest BCUT2D eigenvalue weighted by Crippen LogP contribution is -2.55. The molecule has 7 nitrogen and oxygen atoms in total. The van der Waals surface area contributed by atoms with Crippen molar-refractivity contribution in [2.24, 2.45) is 5.73 Å². The summed E-state index contributed by atoms with van der Waals surface area (Å²) in [5, 5.41) is 11.3. The third-order valence-electron chi connectivity index (χ3n) is 2.76. The minimum atomic E-state index is -1.20. The number of rotatable bonds is 8. The molecule has 0 aromatic carbocycles. The molecule has 0 rings (SSSR count). The molecule has 0 spiro atoms. The first-order valence-corrected chi connectivity index (χ1v) is 6.14. The molecule has 4 N–H and O–H groups in total. The second-order valence-electron chi connectivity index (χ2n) is 4.65. The lowest BCUT2D eigenvalue weighted by atomic mass is 9.96. The largest absolute Gasteiger partial charge is 0.480 e. The van der Waals surface area contributed by atoms with Crippen LogP contribution in [0.5, 0.6) is 0 Å². The molecule has 0 aliphatic carbocycles. The van der Waals surface area contributed by atoms with Crippen molar-refractivity contribution in [3.05, 3.63) is 0 Å². The van der Waals surface area contributed by atoms with Crippen LogP contribution in [-0.2, 0) is 19.1 Å². The first-order valence-electron chi connectivity index (χ1n) is 6.14. The highest BCUT2D eigenvalue weighted by Gasteiger charge is 2.31. The topological polar surface area (TPSA) is 119 Å². The number of nitrogens with one attached hydrogen (secondary N) is 1. The molecule has 0 fully saturated rings. The van der Waals surface area contributed by atoms with Gasteiger partial charge in [-0.25, -0.2) is 4.79 Å². The molecule has 19 heavy (non-hydrogen) atoms. The third kappa shape index (κ3) is 6.19. The van der Waals surface area contributed by atoms with E-state index in [-0.39, 0.29) is 12.8 Å². The van der Waals surface area contributed by atoms with Crippen LogP contribution >= 0.6 is 0 Å². The van der Waals surface area contributed by atoms with Crippen molar-refractivity contribution in [2.45, 2.75) is 51.1 Å². The second-order valence-corrected chi connectivity index (χ2v) is 4.65. The molecule has 110 valence electrons. The van der Waals surface area contributed by atoms with Gasteiger partial charge in [-0.15, -0.1) is 0 Å². The number of hydrogen-bond donors (Lipinski definition) is 3. The summed E-state index contributed by atoms with van der Waals surface area (Å²) in [6.45, 7) is 3.43. The van der Waals surface area contributed by atoms with Gasteiger partial charge in [0.15, 0.2) is 0 Å². The monoisotopic (exact) mass is 274 g/mol. The maximum atomic E-state index is 11.9. The maximum absolute atomic E-state index is 11.9. The lowest BCUT2D eigenvalue weighted by molar-refractivity contribution is -0.144. The number of hydrogen-bond acceptors (Lipinski definition) is 5. The number of amides is 1. The number of methoxy groups -OCH3 is 1. The van der Waals surface area contributed by atoms with Crippen LogP contribution in [0.1, 0.15) is 39.5 Å². The Morgan fingerprint density at radius 1 is 1.42 bits per heavy atom. The smallest absolute Gasteiger partial charge is 0.326 e. The van der Waals surface area contributed by atoms with Crippen LogP contribution in [0.2, 0.25) is 0 Å². The molecule has 0 aliphatic rings. The number of nitrogens with two attached hydrogens (primary N) is 1. The molecule has 7 heteroatoms. The Morgan fingerprint density at radius 3 is 2.42 bits per heavy atom. The fourth-order valence-electron chi connectivity index (χ4n) is 1.58. The number of esters is 1. The molecule has 0 saturated heterocycles. The summed E-state index contributed by atoms with van der Waals surface area (Å²) >= 11 is 0. The van der Waals surface area contributed by atoms with E-state index < -0.39 is 29.4 Å². The number of aliphatic carboxylic acids is 1. The van der Waals surface area contributed by atoms with E-state index in [1.54, 1.807) is 6.92 Å². The Morgan fingerprint density at radius 2 is 2.00 bits per heavy atom. The van der Waals surface area contributed by atoms with Crippen molar-refractivity contribution in [3.8, 4) is 0 Å². The van der Waals surface area contributed by atoms with Crippen molar-refractivity contribution < 1.29 is 24.2 Å². The third-order valence-corrected chi connectivity index (χ3v) is 2.76. The summed E-state index contributed by atoms with van der Waals surface area (Å²) in [6.07, 6.45) is 1.04. The van der Waals surface area contributed by atoms with Gasteiger partial charge >= 0.3 is 11.9 Å². The predicted octanol–water partition coefficient (Wildman–Crippen LogP) is 0.0265. The van der Waals surface area contributed by atoms with Crippen LogP contribution in [0.25, 0.3) is 0 Å².